The Kier molecular flexibility index (Phi) is 5.95. The maximum absolute atomic E-state index is 13.1. The van der Waals surface area contributed by atoms with Gasteiger partial charge in [-0.05, 0) is 42.5 Å². The number of hydrogen-bond donors (Lipinski definition) is 1. The number of amides is 1. The van der Waals surface area contributed by atoms with E-state index in [9.17, 15) is 4.79 Å². The Balaban J connectivity index is 1.56. The van der Waals surface area contributed by atoms with Gasteiger partial charge in [0.1, 0.15) is 0 Å². The number of H-pyrrole nitrogens is 1. The van der Waals surface area contributed by atoms with Crippen molar-refractivity contribution in [3.63, 3.8) is 0 Å². The molecule has 28 heavy (non-hydrogen) atoms. The van der Waals surface area contributed by atoms with Gasteiger partial charge in [0.15, 0.2) is 0 Å². The summed E-state index contributed by atoms with van der Waals surface area (Å²) in [6, 6.07) is 6.14. The fraction of sp³-hybridized carbons (Fsp3) is 0.591. The largest absolute Gasteiger partial charge is 0.379 e. The molecule has 1 N–H and O–H groups in total. The van der Waals surface area contributed by atoms with Crippen LogP contribution in [0.25, 0.3) is 10.9 Å². The highest BCUT2D eigenvalue weighted by Gasteiger charge is 2.33. The molecule has 1 unspecified atom stereocenters. The predicted molar refractivity (Wildman–Crippen MR) is 113 cm³/mol. The van der Waals surface area contributed by atoms with Crippen molar-refractivity contribution in [1.29, 1.82) is 0 Å². The molecule has 2 aliphatic rings. The first-order chi connectivity index (χ1) is 13.5. The van der Waals surface area contributed by atoms with E-state index in [0.717, 1.165) is 62.8 Å². The van der Waals surface area contributed by atoms with E-state index in [1.54, 1.807) is 0 Å². The number of ether oxygens (including phenoxy) is 1. The van der Waals surface area contributed by atoms with E-state index in [0.29, 0.717) is 12.3 Å². The van der Waals surface area contributed by atoms with Crippen LogP contribution in [0.15, 0.2) is 18.2 Å². The molecule has 1 fully saturated rings. The summed E-state index contributed by atoms with van der Waals surface area (Å²) in [7, 11) is 0. The summed E-state index contributed by atoms with van der Waals surface area (Å²) in [6.07, 6.45) is 2.43. The maximum atomic E-state index is 13.1. The number of morpholine rings is 1. The number of benzene rings is 1. The highest BCUT2D eigenvalue weighted by Crippen LogP contribution is 2.38. The van der Waals surface area contributed by atoms with Crippen LogP contribution in [0.1, 0.15) is 44.0 Å². The lowest BCUT2D eigenvalue weighted by molar-refractivity contribution is -0.135. The van der Waals surface area contributed by atoms with Crippen molar-refractivity contribution >= 4 is 28.4 Å². The van der Waals surface area contributed by atoms with E-state index in [1.165, 1.54) is 16.6 Å². The predicted octanol–water partition coefficient (Wildman–Crippen LogP) is 4.02. The highest BCUT2D eigenvalue weighted by atomic mass is 35.5. The van der Waals surface area contributed by atoms with Crippen molar-refractivity contribution in [1.82, 2.24) is 14.8 Å². The zero-order chi connectivity index (χ0) is 19.7. The summed E-state index contributed by atoms with van der Waals surface area (Å²) in [4.78, 5) is 21.2. The lowest BCUT2D eigenvalue weighted by Gasteiger charge is -2.37. The number of carbonyl (C=O) groups excluding carboxylic acids is 1. The minimum absolute atomic E-state index is 0.118. The second kappa shape index (κ2) is 8.44. The van der Waals surface area contributed by atoms with Gasteiger partial charge in [0, 0.05) is 54.2 Å². The molecule has 6 heteroatoms. The number of nitrogens with one attached hydrogen (secondary N) is 1. The van der Waals surface area contributed by atoms with Crippen LogP contribution in [-0.4, -0.2) is 60.1 Å². The fourth-order valence-corrected chi connectivity index (χ4v) is 4.72. The summed E-state index contributed by atoms with van der Waals surface area (Å²) in [5.74, 6) is 0.778. The van der Waals surface area contributed by atoms with Gasteiger partial charge in [-0.25, -0.2) is 0 Å². The second-order valence-corrected chi connectivity index (χ2v) is 8.83. The number of aromatic amines is 1. The molecular formula is C22H30ClN3O2. The average molecular weight is 404 g/mol. The van der Waals surface area contributed by atoms with E-state index in [-0.39, 0.29) is 11.9 Å². The summed E-state index contributed by atoms with van der Waals surface area (Å²) < 4.78 is 5.41. The van der Waals surface area contributed by atoms with Crippen LogP contribution < -0.4 is 0 Å². The van der Waals surface area contributed by atoms with E-state index >= 15 is 0 Å². The minimum atomic E-state index is 0.118. The van der Waals surface area contributed by atoms with Gasteiger partial charge in [0.25, 0.3) is 0 Å². The number of fused-ring (bicyclic) bond motifs is 3. The van der Waals surface area contributed by atoms with E-state index in [4.69, 9.17) is 16.3 Å². The summed E-state index contributed by atoms with van der Waals surface area (Å²) in [5, 5.41) is 1.97. The number of nitrogens with zero attached hydrogens (tertiary/aromatic N) is 2. The van der Waals surface area contributed by atoms with Crippen LogP contribution in [0.3, 0.4) is 0 Å². The third kappa shape index (κ3) is 4.07. The third-order valence-electron chi connectivity index (χ3n) is 5.97. The highest BCUT2D eigenvalue weighted by molar-refractivity contribution is 6.31. The Labute approximate surface area is 172 Å². The number of aromatic nitrogens is 1. The summed E-state index contributed by atoms with van der Waals surface area (Å²) >= 11 is 6.24. The van der Waals surface area contributed by atoms with E-state index in [1.807, 2.05) is 12.1 Å². The van der Waals surface area contributed by atoms with Crippen LogP contribution in [0.5, 0.6) is 0 Å². The van der Waals surface area contributed by atoms with Gasteiger partial charge in [-0.1, -0.05) is 25.4 Å². The molecule has 5 nitrogen and oxygen atoms in total. The minimum Gasteiger partial charge on any atom is -0.379 e. The molecule has 0 aliphatic carbocycles. The van der Waals surface area contributed by atoms with Crippen molar-refractivity contribution in [2.24, 2.45) is 5.92 Å². The van der Waals surface area contributed by atoms with Gasteiger partial charge >= 0.3 is 0 Å². The van der Waals surface area contributed by atoms with Crippen molar-refractivity contribution in [2.45, 2.75) is 39.2 Å². The number of carbonyl (C=O) groups is 1. The zero-order valence-corrected chi connectivity index (χ0v) is 17.6. The SMILES string of the molecule is CC(C)CC1c2[nH]c3ccc(Cl)cc3c2CCN1C(=O)CCN1CCOCC1. The van der Waals surface area contributed by atoms with E-state index < -0.39 is 0 Å². The van der Waals surface area contributed by atoms with Crippen molar-refractivity contribution in [3.8, 4) is 0 Å². The van der Waals surface area contributed by atoms with Crippen molar-refractivity contribution < 1.29 is 9.53 Å². The molecule has 1 aromatic heterocycles. The molecule has 1 atom stereocenters. The Morgan fingerprint density at radius 2 is 2.07 bits per heavy atom. The normalized spacial score (nSPS) is 20.7. The van der Waals surface area contributed by atoms with Gasteiger partial charge in [0.2, 0.25) is 5.91 Å². The molecule has 0 bridgehead atoms. The molecule has 152 valence electrons. The van der Waals surface area contributed by atoms with Gasteiger partial charge in [0.05, 0.1) is 19.3 Å². The molecular weight excluding hydrogens is 374 g/mol. The zero-order valence-electron chi connectivity index (χ0n) is 16.8. The first kappa shape index (κ1) is 19.7. The molecule has 2 aromatic rings. The summed E-state index contributed by atoms with van der Waals surface area (Å²) in [5.41, 5.74) is 3.66. The lowest BCUT2D eigenvalue weighted by atomic mass is 9.91. The second-order valence-electron chi connectivity index (χ2n) is 8.39. The first-order valence-electron chi connectivity index (χ1n) is 10.4. The number of halogens is 1. The topological polar surface area (TPSA) is 48.6 Å². The smallest absolute Gasteiger partial charge is 0.224 e. The van der Waals surface area contributed by atoms with Crippen molar-refractivity contribution in [3.05, 3.63) is 34.5 Å². The Bertz CT molecular complexity index is 842. The fourth-order valence-electron chi connectivity index (χ4n) is 4.55. The van der Waals surface area contributed by atoms with Gasteiger partial charge in [-0.3, -0.25) is 9.69 Å². The van der Waals surface area contributed by atoms with Crippen molar-refractivity contribution in [2.75, 3.05) is 39.4 Å². The van der Waals surface area contributed by atoms with Gasteiger partial charge < -0.3 is 14.6 Å². The Morgan fingerprint density at radius 1 is 1.29 bits per heavy atom. The Hall–Kier alpha value is -1.56. The van der Waals surface area contributed by atoms with Gasteiger partial charge in [-0.2, -0.15) is 0 Å². The first-order valence-corrected chi connectivity index (χ1v) is 10.8. The maximum Gasteiger partial charge on any atom is 0.224 e. The summed E-state index contributed by atoms with van der Waals surface area (Å²) in [6.45, 7) is 9.46. The van der Waals surface area contributed by atoms with Crippen LogP contribution in [0.4, 0.5) is 0 Å². The Morgan fingerprint density at radius 3 is 2.82 bits per heavy atom. The standard InChI is InChI=1S/C22H30ClN3O2/c1-15(2)13-20-22-17(18-14-16(23)3-4-19(18)24-22)5-8-26(20)21(27)6-7-25-9-11-28-12-10-25/h3-4,14-15,20,24H,5-13H2,1-2H3. The quantitative estimate of drug-likeness (QED) is 0.820. The number of hydrogen-bond acceptors (Lipinski definition) is 3. The molecule has 1 amide bonds. The third-order valence-corrected chi connectivity index (χ3v) is 6.21. The van der Waals surface area contributed by atoms with Crippen LogP contribution in [0.2, 0.25) is 5.02 Å². The monoisotopic (exact) mass is 403 g/mol. The number of rotatable bonds is 5. The molecule has 3 heterocycles. The molecule has 0 radical (unpaired) electrons. The molecule has 4 rings (SSSR count). The van der Waals surface area contributed by atoms with Crippen LogP contribution >= 0.6 is 11.6 Å². The molecule has 0 spiro atoms. The van der Waals surface area contributed by atoms with E-state index in [2.05, 4.69) is 34.7 Å². The van der Waals surface area contributed by atoms with Gasteiger partial charge in [-0.15, -0.1) is 0 Å². The van der Waals surface area contributed by atoms with Crippen LogP contribution in [0, 0.1) is 5.92 Å². The average Bonchev–Trinajstić information content (AvgIpc) is 3.05. The molecule has 1 aromatic carbocycles. The lowest BCUT2D eigenvalue weighted by Crippen LogP contribution is -2.43. The van der Waals surface area contributed by atoms with Crippen LogP contribution in [-0.2, 0) is 16.0 Å². The molecule has 2 aliphatic heterocycles. The molecule has 1 saturated heterocycles. The molecule has 0 saturated carbocycles.